The molecule has 1 unspecified atom stereocenters. The molecule has 0 aromatic heterocycles. The van der Waals surface area contributed by atoms with E-state index in [0.717, 1.165) is 6.07 Å². The third-order valence-electron chi connectivity index (χ3n) is 2.90. The highest BCUT2D eigenvalue weighted by molar-refractivity contribution is 7.84. The first-order valence-electron chi connectivity index (χ1n) is 6.05. The van der Waals surface area contributed by atoms with Gasteiger partial charge in [-0.2, -0.15) is 5.26 Å². The van der Waals surface area contributed by atoms with Gasteiger partial charge < -0.3 is 10.5 Å². The summed E-state index contributed by atoms with van der Waals surface area (Å²) < 4.78 is 31.3. The first kappa shape index (κ1) is 15.0. The lowest BCUT2D eigenvalue weighted by atomic mass is 10.1. The maximum absolute atomic E-state index is 13.8. The summed E-state index contributed by atoms with van der Waals surface area (Å²) in [6.07, 6.45) is 0. The van der Waals surface area contributed by atoms with E-state index in [-0.39, 0.29) is 16.3 Å². The highest BCUT2D eigenvalue weighted by Crippen LogP contribution is 2.24. The number of rotatable bonds is 4. The maximum Gasteiger partial charge on any atom is 0.141 e. The van der Waals surface area contributed by atoms with Gasteiger partial charge in [0.15, 0.2) is 0 Å². The molecule has 0 fully saturated rings. The number of nitrogens with zero attached hydrogens (tertiary/aromatic N) is 1. The summed E-state index contributed by atoms with van der Waals surface area (Å²) in [5.74, 6) is -0.0403. The van der Waals surface area contributed by atoms with Gasteiger partial charge in [0.25, 0.3) is 0 Å². The molecule has 0 aliphatic carbocycles. The molecular weight excluding hydrogens is 291 g/mol. The summed E-state index contributed by atoms with van der Waals surface area (Å²) >= 11 is 0. The van der Waals surface area contributed by atoms with Gasteiger partial charge in [-0.25, -0.2) is 4.39 Å². The molecule has 4 nitrogen and oxygen atoms in total. The van der Waals surface area contributed by atoms with Crippen molar-refractivity contribution in [2.75, 3.05) is 12.8 Å². The van der Waals surface area contributed by atoms with Crippen molar-refractivity contribution < 1.29 is 13.3 Å². The van der Waals surface area contributed by atoms with Crippen molar-refractivity contribution in [1.29, 1.82) is 5.26 Å². The molecular formula is C15H13FN2O2S. The van der Waals surface area contributed by atoms with Gasteiger partial charge in [0.1, 0.15) is 11.6 Å². The number of ether oxygens (including phenoxy) is 1. The molecule has 0 aliphatic rings. The Labute approximate surface area is 124 Å². The molecule has 0 saturated heterocycles. The van der Waals surface area contributed by atoms with E-state index in [0.29, 0.717) is 16.9 Å². The zero-order chi connectivity index (χ0) is 15.4. The van der Waals surface area contributed by atoms with Gasteiger partial charge in [0.2, 0.25) is 0 Å². The fourth-order valence-electron chi connectivity index (χ4n) is 1.88. The predicted molar refractivity (Wildman–Crippen MR) is 78.6 cm³/mol. The monoisotopic (exact) mass is 304 g/mol. The largest absolute Gasteiger partial charge is 0.496 e. The van der Waals surface area contributed by atoms with Gasteiger partial charge in [-0.3, -0.25) is 4.21 Å². The zero-order valence-electron chi connectivity index (χ0n) is 11.3. The van der Waals surface area contributed by atoms with Crippen LogP contribution in [0.15, 0.2) is 41.3 Å². The summed E-state index contributed by atoms with van der Waals surface area (Å²) in [7, 11) is -0.113. The van der Waals surface area contributed by atoms with Crippen LogP contribution in [0.4, 0.5) is 10.1 Å². The molecule has 2 N–H and O–H groups in total. The van der Waals surface area contributed by atoms with Crippen LogP contribution in [0, 0.1) is 17.1 Å². The van der Waals surface area contributed by atoms with Crippen molar-refractivity contribution in [1.82, 2.24) is 0 Å². The van der Waals surface area contributed by atoms with Gasteiger partial charge in [-0.05, 0) is 36.4 Å². The maximum atomic E-state index is 13.8. The summed E-state index contributed by atoms with van der Waals surface area (Å²) in [5, 5.41) is 8.91. The molecule has 2 aromatic carbocycles. The van der Waals surface area contributed by atoms with Crippen LogP contribution in [-0.4, -0.2) is 11.3 Å². The molecule has 2 aromatic rings. The Bertz CT molecular complexity index is 741. The second-order valence-corrected chi connectivity index (χ2v) is 5.74. The third-order valence-corrected chi connectivity index (χ3v) is 4.29. The fourth-order valence-corrected chi connectivity index (χ4v) is 3.04. The highest BCUT2D eigenvalue weighted by atomic mass is 32.2. The van der Waals surface area contributed by atoms with Crippen molar-refractivity contribution in [2.45, 2.75) is 10.6 Å². The van der Waals surface area contributed by atoms with E-state index in [1.54, 1.807) is 18.2 Å². The molecule has 2 rings (SSSR count). The average Bonchev–Trinajstić information content (AvgIpc) is 2.46. The molecule has 0 bridgehead atoms. The zero-order valence-corrected chi connectivity index (χ0v) is 12.1. The average molecular weight is 304 g/mol. The molecule has 21 heavy (non-hydrogen) atoms. The van der Waals surface area contributed by atoms with Gasteiger partial charge in [-0.15, -0.1) is 0 Å². The van der Waals surface area contributed by atoms with E-state index in [4.69, 9.17) is 15.7 Å². The molecule has 0 spiro atoms. The van der Waals surface area contributed by atoms with Crippen LogP contribution in [0.1, 0.15) is 11.1 Å². The summed E-state index contributed by atoms with van der Waals surface area (Å²) in [6.45, 7) is 0. The van der Waals surface area contributed by atoms with Crippen LogP contribution in [0.3, 0.4) is 0 Å². The lowest BCUT2D eigenvalue weighted by Gasteiger charge is -2.09. The minimum absolute atomic E-state index is 0.0551. The van der Waals surface area contributed by atoms with Crippen LogP contribution in [-0.2, 0) is 16.6 Å². The predicted octanol–water partition coefficient (Wildman–Crippen LogP) is 2.60. The smallest absolute Gasteiger partial charge is 0.141 e. The minimum Gasteiger partial charge on any atom is -0.496 e. The van der Waals surface area contributed by atoms with Gasteiger partial charge in [0.05, 0.1) is 40.2 Å². The van der Waals surface area contributed by atoms with Crippen molar-refractivity contribution in [3.05, 3.63) is 53.3 Å². The number of benzene rings is 2. The Morgan fingerprint density at radius 2 is 2.10 bits per heavy atom. The van der Waals surface area contributed by atoms with Crippen LogP contribution in [0.25, 0.3) is 0 Å². The topological polar surface area (TPSA) is 76.1 Å². The Balaban J connectivity index is 2.33. The van der Waals surface area contributed by atoms with Crippen molar-refractivity contribution in [3.8, 4) is 11.8 Å². The Morgan fingerprint density at radius 1 is 1.33 bits per heavy atom. The first-order valence-corrected chi connectivity index (χ1v) is 7.37. The summed E-state index contributed by atoms with van der Waals surface area (Å²) in [6, 6.07) is 10.9. The van der Waals surface area contributed by atoms with E-state index in [1.165, 1.54) is 19.2 Å². The highest BCUT2D eigenvalue weighted by Gasteiger charge is 2.14. The molecule has 6 heteroatoms. The molecule has 0 aliphatic heterocycles. The molecule has 108 valence electrons. The molecule has 0 heterocycles. The second kappa shape index (κ2) is 6.37. The summed E-state index contributed by atoms with van der Waals surface area (Å²) in [4.78, 5) is 0.0774. The van der Waals surface area contributed by atoms with Gasteiger partial charge in [-0.1, -0.05) is 0 Å². The number of hydrogen-bond acceptors (Lipinski definition) is 4. The number of hydrogen-bond donors (Lipinski definition) is 1. The van der Waals surface area contributed by atoms with Crippen LogP contribution in [0.2, 0.25) is 0 Å². The standard InChI is InChI=1S/C15H13FN2O2S/c1-20-14-4-2-10(8-17)6-11(14)9-21(19)15-5-3-12(18)7-13(15)16/h2-7H,9,18H2,1H3. The lowest BCUT2D eigenvalue weighted by Crippen LogP contribution is -2.02. The van der Waals surface area contributed by atoms with E-state index >= 15 is 0 Å². The number of halogens is 1. The summed E-state index contributed by atoms with van der Waals surface area (Å²) in [5.41, 5.74) is 6.76. The lowest BCUT2D eigenvalue weighted by molar-refractivity contribution is 0.411. The van der Waals surface area contributed by atoms with Crippen LogP contribution in [0.5, 0.6) is 5.75 Å². The number of anilines is 1. The quantitative estimate of drug-likeness (QED) is 0.881. The van der Waals surface area contributed by atoms with Crippen molar-refractivity contribution in [3.63, 3.8) is 0 Å². The third kappa shape index (κ3) is 3.38. The first-order chi connectivity index (χ1) is 10.0. The Morgan fingerprint density at radius 3 is 2.71 bits per heavy atom. The van der Waals surface area contributed by atoms with Gasteiger partial charge in [0, 0.05) is 11.3 Å². The van der Waals surface area contributed by atoms with Gasteiger partial charge >= 0.3 is 0 Å². The Hall–Kier alpha value is -2.39. The van der Waals surface area contributed by atoms with E-state index in [2.05, 4.69) is 0 Å². The van der Waals surface area contributed by atoms with Crippen LogP contribution < -0.4 is 10.5 Å². The normalized spacial score (nSPS) is 11.7. The van der Waals surface area contributed by atoms with E-state index in [9.17, 15) is 8.60 Å². The van der Waals surface area contributed by atoms with Crippen molar-refractivity contribution >= 4 is 16.5 Å². The fraction of sp³-hybridized carbons (Fsp3) is 0.133. The SMILES string of the molecule is COc1ccc(C#N)cc1CS(=O)c1ccc(N)cc1F. The minimum atomic E-state index is -1.60. The number of nitrogen functional groups attached to an aromatic ring is 1. The number of nitriles is 1. The molecule has 0 radical (unpaired) electrons. The van der Waals surface area contributed by atoms with Crippen molar-refractivity contribution in [2.24, 2.45) is 0 Å². The van der Waals surface area contributed by atoms with E-state index < -0.39 is 16.6 Å². The molecule has 1 atom stereocenters. The molecule has 0 amide bonds. The number of methoxy groups -OCH3 is 1. The Kier molecular flexibility index (Phi) is 4.55. The van der Waals surface area contributed by atoms with Crippen LogP contribution >= 0.6 is 0 Å². The molecule has 0 saturated carbocycles. The second-order valence-electron chi connectivity index (χ2n) is 4.32. The number of nitrogens with two attached hydrogens (primary N) is 1. The van der Waals surface area contributed by atoms with E-state index in [1.807, 2.05) is 6.07 Å².